The number of rotatable bonds is 4. The van der Waals surface area contributed by atoms with Crippen LogP contribution in [0.3, 0.4) is 0 Å². The molecule has 1 aromatic heterocycles. The molecule has 0 fully saturated rings. The number of carbonyl (C=O) groups excluding carboxylic acids is 2. The molecule has 2 heterocycles. The van der Waals surface area contributed by atoms with Gasteiger partial charge in [0.25, 0.3) is 0 Å². The summed E-state index contributed by atoms with van der Waals surface area (Å²) in [5.74, 6) is -0.349. The minimum Gasteiger partial charge on any atom is -0.324 e. The average Bonchev–Trinajstić information content (AvgIpc) is 2.97. The molecule has 1 atom stereocenters. The number of benzene rings is 2. The maximum Gasteiger partial charge on any atom is 0.238 e. The molecule has 28 heavy (non-hydrogen) atoms. The van der Waals surface area contributed by atoms with Crippen LogP contribution < -0.4 is 10.6 Å². The van der Waals surface area contributed by atoms with Gasteiger partial charge in [-0.25, -0.2) is 4.68 Å². The van der Waals surface area contributed by atoms with Crippen molar-refractivity contribution in [1.82, 2.24) is 9.78 Å². The second kappa shape index (κ2) is 7.52. The van der Waals surface area contributed by atoms with Crippen LogP contribution in [-0.2, 0) is 9.59 Å². The van der Waals surface area contributed by atoms with Crippen LogP contribution in [-0.4, -0.2) is 26.8 Å². The number of carbonyl (C=O) groups is 2. The molecule has 7 heteroatoms. The Bertz CT molecular complexity index is 1050. The van der Waals surface area contributed by atoms with Crippen LogP contribution >= 0.6 is 11.8 Å². The predicted molar refractivity (Wildman–Crippen MR) is 111 cm³/mol. The van der Waals surface area contributed by atoms with Crippen LogP contribution in [0.25, 0.3) is 5.69 Å². The monoisotopic (exact) mass is 392 g/mol. The molecule has 0 aliphatic carbocycles. The summed E-state index contributed by atoms with van der Waals surface area (Å²) in [6.07, 6.45) is 0.0975. The largest absolute Gasteiger partial charge is 0.324 e. The van der Waals surface area contributed by atoms with E-state index in [0.717, 1.165) is 27.7 Å². The third kappa shape index (κ3) is 3.53. The van der Waals surface area contributed by atoms with E-state index in [2.05, 4.69) is 15.7 Å². The fourth-order valence-electron chi connectivity index (χ4n) is 3.23. The molecule has 0 saturated carbocycles. The van der Waals surface area contributed by atoms with Crippen molar-refractivity contribution < 1.29 is 9.59 Å². The van der Waals surface area contributed by atoms with Gasteiger partial charge in [0.2, 0.25) is 11.8 Å². The number of aryl methyl sites for hydroxylation is 1. The Kier molecular flexibility index (Phi) is 4.92. The van der Waals surface area contributed by atoms with Gasteiger partial charge in [-0.1, -0.05) is 30.3 Å². The zero-order chi connectivity index (χ0) is 19.7. The van der Waals surface area contributed by atoms with E-state index in [9.17, 15) is 9.59 Å². The maximum atomic E-state index is 12.6. The summed E-state index contributed by atoms with van der Waals surface area (Å²) in [5.41, 5.74) is 4.01. The second-order valence-electron chi connectivity index (χ2n) is 6.64. The number of anilines is 2. The number of thioether (sulfide) groups is 1. The molecule has 142 valence electrons. The zero-order valence-electron chi connectivity index (χ0n) is 15.6. The predicted octanol–water partition coefficient (Wildman–Crippen LogP) is 3.93. The van der Waals surface area contributed by atoms with Gasteiger partial charge in [0.05, 0.1) is 33.7 Å². The first-order valence-corrected chi connectivity index (χ1v) is 9.89. The number of nitrogens with one attached hydrogen (secondary N) is 2. The molecule has 2 aromatic carbocycles. The first-order chi connectivity index (χ1) is 13.5. The zero-order valence-corrected chi connectivity index (χ0v) is 16.4. The number of para-hydroxylation sites is 2. The van der Waals surface area contributed by atoms with Gasteiger partial charge in [-0.15, -0.1) is 11.8 Å². The summed E-state index contributed by atoms with van der Waals surface area (Å²) in [7, 11) is 0. The van der Waals surface area contributed by atoms with Gasteiger partial charge in [0.1, 0.15) is 0 Å². The molecule has 2 N–H and O–H groups in total. The van der Waals surface area contributed by atoms with E-state index >= 15 is 0 Å². The van der Waals surface area contributed by atoms with Crippen molar-refractivity contribution in [3.05, 3.63) is 66.0 Å². The van der Waals surface area contributed by atoms with Gasteiger partial charge in [0, 0.05) is 11.3 Å². The van der Waals surface area contributed by atoms with E-state index in [1.54, 1.807) is 0 Å². The number of amides is 2. The Hall–Kier alpha value is -3.06. The molecule has 0 saturated heterocycles. The Morgan fingerprint density at radius 3 is 2.64 bits per heavy atom. The molecule has 0 spiro atoms. The number of aromatic nitrogens is 2. The summed E-state index contributed by atoms with van der Waals surface area (Å²) in [6.45, 7) is 3.78. The van der Waals surface area contributed by atoms with Gasteiger partial charge in [0.15, 0.2) is 0 Å². The molecule has 0 radical (unpaired) electrons. The second-order valence-corrected chi connectivity index (χ2v) is 7.88. The molecule has 2 amide bonds. The molecule has 6 nitrogen and oxygen atoms in total. The fraction of sp³-hybridized carbons (Fsp3) is 0.190. The smallest absolute Gasteiger partial charge is 0.238 e. The highest BCUT2D eigenvalue weighted by molar-refractivity contribution is 8.01. The first-order valence-electron chi connectivity index (χ1n) is 9.01. The normalized spacial score (nSPS) is 15.6. The Balaban J connectivity index is 1.49. The number of nitrogens with zero attached hydrogens (tertiary/aromatic N) is 2. The summed E-state index contributed by atoms with van der Waals surface area (Å²) in [4.78, 5) is 26.0. The van der Waals surface area contributed by atoms with E-state index in [1.807, 2.05) is 73.1 Å². The minimum absolute atomic E-state index is 0.0975. The highest BCUT2D eigenvalue weighted by Crippen LogP contribution is 2.36. The van der Waals surface area contributed by atoms with Gasteiger partial charge in [-0.05, 0) is 38.1 Å². The highest BCUT2D eigenvalue weighted by Gasteiger charge is 2.29. The van der Waals surface area contributed by atoms with E-state index in [-0.39, 0.29) is 18.2 Å². The van der Waals surface area contributed by atoms with Crippen molar-refractivity contribution >= 4 is 35.0 Å². The van der Waals surface area contributed by atoms with Gasteiger partial charge in [-0.2, -0.15) is 5.10 Å². The standard InChI is InChI=1S/C21H20N4O2S/c1-13-20(14(2)25(24-13)15-8-4-3-5-9-15)23-19(26)12-18-21(27)22-16-10-6-7-11-17(16)28-18/h3-11,18H,12H2,1-2H3,(H,22,27)(H,23,26). The summed E-state index contributed by atoms with van der Waals surface area (Å²) in [5, 5.41) is 9.90. The average molecular weight is 392 g/mol. The van der Waals surface area contributed by atoms with Crippen molar-refractivity contribution in [2.45, 2.75) is 30.4 Å². The quantitative estimate of drug-likeness (QED) is 0.705. The third-order valence-corrected chi connectivity index (χ3v) is 5.91. The molecule has 1 aliphatic heterocycles. The van der Waals surface area contributed by atoms with Crippen LogP contribution in [0, 0.1) is 13.8 Å². The Labute approximate surface area is 167 Å². The van der Waals surface area contributed by atoms with Crippen LogP contribution in [0.5, 0.6) is 0 Å². The minimum atomic E-state index is -0.459. The molecule has 4 rings (SSSR count). The maximum absolute atomic E-state index is 12.6. The lowest BCUT2D eigenvalue weighted by atomic mass is 10.2. The van der Waals surface area contributed by atoms with E-state index in [1.165, 1.54) is 11.8 Å². The fourth-order valence-corrected chi connectivity index (χ4v) is 4.34. The van der Waals surface area contributed by atoms with Crippen LogP contribution in [0.15, 0.2) is 59.5 Å². The van der Waals surface area contributed by atoms with E-state index in [0.29, 0.717) is 5.69 Å². The topological polar surface area (TPSA) is 76.0 Å². The molecule has 0 bridgehead atoms. The number of hydrogen-bond acceptors (Lipinski definition) is 4. The van der Waals surface area contributed by atoms with E-state index < -0.39 is 5.25 Å². The Morgan fingerprint density at radius 1 is 1.14 bits per heavy atom. The van der Waals surface area contributed by atoms with Crippen molar-refractivity contribution in [3.63, 3.8) is 0 Å². The Morgan fingerprint density at radius 2 is 1.86 bits per heavy atom. The van der Waals surface area contributed by atoms with Crippen molar-refractivity contribution in [1.29, 1.82) is 0 Å². The summed E-state index contributed by atoms with van der Waals surface area (Å²) >= 11 is 1.42. The lowest BCUT2D eigenvalue weighted by molar-refractivity contribution is -0.120. The van der Waals surface area contributed by atoms with Gasteiger partial charge in [-0.3, -0.25) is 9.59 Å². The molecule has 1 unspecified atom stereocenters. The van der Waals surface area contributed by atoms with Crippen LogP contribution in [0.1, 0.15) is 17.8 Å². The highest BCUT2D eigenvalue weighted by atomic mass is 32.2. The van der Waals surface area contributed by atoms with Crippen molar-refractivity contribution in [2.75, 3.05) is 10.6 Å². The van der Waals surface area contributed by atoms with Crippen molar-refractivity contribution in [3.8, 4) is 5.69 Å². The van der Waals surface area contributed by atoms with Crippen LogP contribution in [0.4, 0.5) is 11.4 Å². The van der Waals surface area contributed by atoms with Crippen LogP contribution in [0.2, 0.25) is 0 Å². The SMILES string of the molecule is Cc1nn(-c2ccccc2)c(C)c1NC(=O)CC1Sc2ccccc2NC1=O. The summed E-state index contributed by atoms with van der Waals surface area (Å²) in [6, 6.07) is 17.4. The van der Waals surface area contributed by atoms with Crippen molar-refractivity contribution in [2.24, 2.45) is 0 Å². The molecule has 1 aliphatic rings. The van der Waals surface area contributed by atoms with Gasteiger partial charge < -0.3 is 10.6 Å². The lowest BCUT2D eigenvalue weighted by Gasteiger charge is -2.23. The molecular formula is C21H20N4O2S. The number of fused-ring (bicyclic) bond motifs is 1. The lowest BCUT2D eigenvalue weighted by Crippen LogP contribution is -2.32. The molecular weight excluding hydrogens is 372 g/mol. The number of hydrogen-bond donors (Lipinski definition) is 2. The third-order valence-electron chi connectivity index (χ3n) is 4.63. The molecule has 3 aromatic rings. The van der Waals surface area contributed by atoms with E-state index in [4.69, 9.17) is 0 Å². The summed E-state index contributed by atoms with van der Waals surface area (Å²) < 4.78 is 1.81. The van der Waals surface area contributed by atoms with Gasteiger partial charge >= 0.3 is 0 Å². The first kappa shape index (κ1) is 18.3.